The average molecular weight is 267 g/mol. The summed E-state index contributed by atoms with van der Waals surface area (Å²) >= 11 is 0. The van der Waals surface area contributed by atoms with E-state index in [1.165, 1.54) is 77.5 Å². The fraction of sp³-hybridized carbons (Fsp3) is 1.00. The van der Waals surface area contributed by atoms with Crippen LogP contribution in [0.2, 0.25) is 0 Å². The van der Waals surface area contributed by atoms with E-state index < -0.39 is 0 Å². The first kappa shape index (κ1) is 15.3. The molecule has 2 fully saturated rings. The molecule has 1 atom stereocenters. The average Bonchev–Trinajstić information content (AvgIpc) is 2.58. The van der Waals surface area contributed by atoms with Crippen molar-refractivity contribution >= 4 is 0 Å². The first-order chi connectivity index (χ1) is 9.13. The number of hydrogen-bond donors (Lipinski definition) is 1. The van der Waals surface area contributed by atoms with Gasteiger partial charge in [0.1, 0.15) is 0 Å². The van der Waals surface area contributed by atoms with Gasteiger partial charge in [-0.2, -0.15) is 0 Å². The molecule has 112 valence electrons. The molecule has 1 aliphatic carbocycles. The van der Waals surface area contributed by atoms with E-state index in [1.54, 1.807) is 0 Å². The Hall–Kier alpha value is -0.120. The summed E-state index contributed by atoms with van der Waals surface area (Å²) in [4.78, 5) is 5.21. The van der Waals surface area contributed by atoms with Gasteiger partial charge in [-0.15, -0.1) is 0 Å². The summed E-state index contributed by atoms with van der Waals surface area (Å²) in [5.74, 6) is 0. The smallest absolute Gasteiger partial charge is 0.0220 e. The molecule has 3 heteroatoms. The number of likely N-dealkylation sites (N-methyl/N-ethyl adjacent to an activating group) is 1. The second-order valence-electron chi connectivity index (χ2n) is 6.89. The van der Waals surface area contributed by atoms with Crippen LogP contribution in [0.15, 0.2) is 0 Å². The van der Waals surface area contributed by atoms with E-state index in [0.717, 1.165) is 6.04 Å². The molecule has 1 saturated heterocycles. The molecule has 3 nitrogen and oxygen atoms in total. The monoisotopic (exact) mass is 267 g/mol. The maximum atomic E-state index is 6.59. The van der Waals surface area contributed by atoms with Crippen LogP contribution in [-0.2, 0) is 0 Å². The summed E-state index contributed by atoms with van der Waals surface area (Å²) in [6.07, 6.45) is 10.4. The third kappa shape index (κ3) is 4.44. The van der Waals surface area contributed by atoms with Gasteiger partial charge in [-0.1, -0.05) is 26.2 Å². The molecule has 2 rings (SSSR count). The number of rotatable bonds is 4. The van der Waals surface area contributed by atoms with E-state index in [4.69, 9.17) is 5.73 Å². The fourth-order valence-electron chi connectivity index (χ4n) is 3.85. The number of nitrogens with zero attached hydrogens (tertiary/aromatic N) is 2. The number of nitrogens with two attached hydrogens (primary N) is 1. The van der Waals surface area contributed by atoms with Crippen LogP contribution in [0.5, 0.6) is 0 Å². The molecule has 0 bridgehead atoms. The maximum Gasteiger partial charge on any atom is 0.0220 e. The van der Waals surface area contributed by atoms with Crippen LogP contribution in [0, 0.1) is 0 Å². The number of hydrogen-bond acceptors (Lipinski definition) is 3. The zero-order chi connectivity index (χ0) is 13.7. The van der Waals surface area contributed by atoms with Crippen molar-refractivity contribution in [3.63, 3.8) is 0 Å². The van der Waals surface area contributed by atoms with Crippen molar-refractivity contribution in [3.05, 3.63) is 0 Å². The molecule has 0 aromatic carbocycles. The summed E-state index contributed by atoms with van der Waals surface area (Å²) in [6, 6.07) is 0.736. The zero-order valence-corrected chi connectivity index (χ0v) is 13.0. The molecular weight excluding hydrogens is 234 g/mol. The minimum atomic E-state index is 0.148. The summed E-state index contributed by atoms with van der Waals surface area (Å²) in [6.45, 7) is 7.28. The highest BCUT2D eigenvalue weighted by molar-refractivity contribution is 4.89. The van der Waals surface area contributed by atoms with Gasteiger partial charge in [0.2, 0.25) is 0 Å². The maximum absolute atomic E-state index is 6.59. The largest absolute Gasteiger partial charge is 0.325 e. The second-order valence-corrected chi connectivity index (χ2v) is 6.89. The molecule has 2 N–H and O–H groups in total. The second kappa shape index (κ2) is 7.05. The Bertz CT molecular complexity index is 261. The van der Waals surface area contributed by atoms with Gasteiger partial charge in [0, 0.05) is 24.7 Å². The Morgan fingerprint density at radius 3 is 2.53 bits per heavy atom. The molecule has 0 amide bonds. The molecular formula is C16H33N3. The van der Waals surface area contributed by atoms with E-state index in [9.17, 15) is 0 Å². The van der Waals surface area contributed by atoms with Crippen molar-refractivity contribution < 1.29 is 0 Å². The van der Waals surface area contributed by atoms with Gasteiger partial charge < -0.3 is 10.6 Å². The topological polar surface area (TPSA) is 32.5 Å². The SMILES string of the molecule is CCC1CN(C)CCCN1CCC1(N)CCCCC1. The third-order valence-corrected chi connectivity index (χ3v) is 5.24. The van der Waals surface area contributed by atoms with Gasteiger partial charge in [-0.3, -0.25) is 4.90 Å². The van der Waals surface area contributed by atoms with Crippen molar-refractivity contribution in [2.45, 2.75) is 69.9 Å². The van der Waals surface area contributed by atoms with Gasteiger partial charge in [0.15, 0.2) is 0 Å². The molecule has 1 saturated carbocycles. The highest BCUT2D eigenvalue weighted by atomic mass is 15.2. The van der Waals surface area contributed by atoms with Gasteiger partial charge in [-0.25, -0.2) is 0 Å². The van der Waals surface area contributed by atoms with Crippen LogP contribution >= 0.6 is 0 Å². The molecule has 1 aliphatic heterocycles. The Labute approximate surface area is 119 Å². The molecule has 0 spiro atoms. The quantitative estimate of drug-likeness (QED) is 0.849. The normalized spacial score (nSPS) is 30.2. The molecule has 0 aromatic heterocycles. The van der Waals surface area contributed by atoms with Crippen molar-refractivity contribution in [1.29, 1.82) is 0 Å². The highest BCUT2D eigenvalue weighted by Crippen LogP contribution is 2.29. The Kier molecular flexibility index (Phi) is 5.67. The van der Waals surface area contributed by atoms with E-state index in [1.807, 2.05) is 0 Å². The van der Waals surface area contributed by atoms with Crippen LogP contribution in [-0.4, -0.2) is 54.6 Å². The van der Waals surface area contributed by atoms with Crippen LogP contribution in [0.1, 0.15) is 58.3 Å². The molecule has 2 aliphatic rings. The van der Waals surface area contributed by atoms with Crippen LogP contribution in [0.3, 0.4) is 0 Å². The van der Waals surface area contributed by atoms with E-state index in [0.29, 0.717) is 0 Å². The standard InChI is InChI=1S/C16H33N3/c1-3-15-14-18(2)11-7-12-19(15)13-10-16(17)8-5-4-6-9-16/h15H,3-14,17H2,1-2H3. The van der Waals surface area contributed by atoms with Gasteiger partial charge in [0.05, 0.1) is 0 Å². The lowest BCUT2D eigenvalue weighted by atomic mass is 9.80. The Balaban J connectivity index is 1.85. The third-order valence-electron chi connectivity index (χ3n) is 5.24. The van der Waals surface area contributed by atoms with Crippen LogP contribution in [0.4, 0.5) is 0 Å². The van der Waals surface area contributed by atoms with Crippen LogP contribution in [0.25, 0.3) is 0 Å². The van der Waals surface area contributed by atoms with Crippen molar-refractivity contribution in [2.24, 2.45) is 5.73 Å². The zero-order valence-electron chi connectivity index (χ0n) is 13.0. The first-order valence-corrected chi connectivity index (χ1v) is 8.34. The first-order valence-electron chi connectivity index (χ1n) is 8.34. The molecule has 0 aromatic rings. The summed E-state index contributed by atoms with van der Waals surface area (Å²) in [5.41, 5.74) is 6.74. The minimum absolute atomic E-state index is 0.148. The highest BCUT2D eigenvalue weighted by Gasteiger charge is 2.29. The Morgan fingerprint density at radius 2 is 1.84 bits per heavy atom. The molecule has 19 heavy (non-hydrogen) atoms. The van der Waals surface area contributed by atoms with Gasteiger partial charge in [-0.05, 0) is 52.2 Å². The minimum Gasteiger partial charge on any atom is -0.325 e. The van der Waals surface area contributed by atoms with Crippen molar-refractivity contribution in [2.75, 3.05) is 33.2 Å². The van der Waals surface area contributed by atoms with Crippen LogP contribution < -0.4 is 5.73 Å². The van der Waals surface area contributed by atoms with E-state index >= 15 is 0 Å². The van der Waals surface area contributed by atoms with Gasteiger partial charge >= 0.3 is 0 Å². The summed E-state index contributed by atoms with van der Waals surface area (Å²) < 4.78 is 0. The fourth-order valence-corrected chi connectivity index (χ4v) is 3.85. The van der Waals surface area contributed by atoms with E-state index in [2.05, 4.69) is 23.8 Å². The summed E-state index contributed by atoms with van der Waals surface area (Å²) in [7, 11) is 2.26. The van der Waals surface area contributed by atoms with Crippen molar-refractivity contribution in [1.82, 2.24) is 9.80 Å². The lowest BCUT2D eigenvalue weighted by molar-refractivity contribution is 0.155. The molecule has 1 heterocycles. The predicted octanol–water partition coefficient (Wildman–Crippen LogP) is 2.45. The summed E-state index contributed by atoms with van der Waals surface area (Å²) in [5, 5.41) is 0. The predicted molar refractivity (Wildman–Crippen MR) is 82.4 cm³/mol. The molecule has 1 unspecified atom stereocenters. The molecule has 0 radical (unpaired) electrons. The van der Waals surface area contributed by atoms with Crippen molar-refractivity contribution in [3.8, 4) is 0 Å². The lowest BCUT2D eigenvalue weighted by Gasteiger charge is -2.37. The van der Waals surface area contributed by atoms with Gasteiger partial charge in [0.25, 0.3) is 0 Å². The Morgan fingerprint density at radius 1 is 1.11 bits per heavy atom. The van der Waals surface area contributed by atoms with E-state index in [-0.39, 0.29) is 5.54 Å². The lowest BCUT2D eigenvalue weighted by Crippen LogP contribution is -2.47.